The van der Waals surface area contributed by atoms with E-state index >= 15 is 0 Å². The molecule has 1 aliphatic rings. The maximum Gasteiger partial charge on any atom is 0.328 e. The van der Waals surface area contributed by atoms with Gasteiger partial charge in [0, 0.05) is 12.4 Å². The Bertz CT molecular complexity index is 519. The Labute approximate surface area is 104 Å². The lowest BCUT2D eigenvalue weighted by atomic mass is 9.74. The number of amides is 4. The van der Waals surface area contributed by atoms with Gasteiger partial charge in [0.2, 0.25) is 11.8 Å². The van der Waals surface area contributed by atoms with Gasteiger partial charge in [-0.2, -0.15) is 0 Å². The third kappa shape index (κ3) is 1.57. The summed E-state index contributed by atoms with van der Waals surface area (Å²) in [6.45, 7) is 3.51. The molecule has 4 amide bonds. The third-order valence-electron chi connectivity index (χ3n) is 3.24. The van der Waals surface area contributed by atoms with Crippen molar-refractivity contribution in [3.8, 4) is 0 Å². The summed E-state index contributed by atoms with van der Waals surface area (Å²) in [5.41, 5.74) is -0.0532. The van der Waals surface area contributed by atoms with Crippen molar-refractivity contribution in [3.63, 3.8) is 0 Å². The lowest BCUT2D eigenvalue weighted by Crippen LogP contribution is -2.64. The van der Waals surface area contributed by atoms with Crippen molar-refractivity contribution in [2.24, 2.45) is 0 Å². The molecule has 0 aromatic carbocycles. The Balaban J connectivity index is 2.61. The van der Waals surface area contributed by atoms with Crippen LogP contribution >= 0.6 is 0 Å². The van der Waals surface area contributed by atoms with E-state index in [2.05, 4.69) is 15.6 Å². The van der Waals surface area contributed by atoms with Gasteiger partial charge in [-0.25, -0.2) is 4.79 Å². The van der Waals surface area contributed by atoms with Crippen LogP contribution in [-0.2, 0) is 15.0 Å². The van der Waals surface area contributed by atoms with Crippen LogP contribution in [0.4, 0.5) is 4.79 Å². The molecule has 0 radical (unpaired) electrons. The van der Waals surface area contributed by atoms with Crippen LogP contribution in [0.5, 0.6) is 0 Å². The van der Waals surface area contributed by atoms with Crippen LogP contribution in [0.2, 0.25) is 0 Å². The van der Waals surface area contributed by atoms with E-state index in [4.69, 9.17) is 0 Å². The molecule has 1 fully saturated rings. The molecular weight excluding hydrogens is 234 g/mol. The molecule has 2 heterocycles. The van der Waals surface area contributed by atoms with Crippen LogP contribution < -0.4 is 10.6 Å². The second kappa shape index (κ2) is 4.21. The highest BCUT2D eigenvalue weighted by molar-refractivity contribution is 6.23. The Kier molecular flexibility index (Phi) is 2.86. The normalized spacial score (nSPS) is 18.2. The van der Waals surface area contributed by atoms with Crippen molar-refractivity contribution in [2.75, 3.05) is 0 Å². The van der Waals surface area contributed by atoms with Crippen LogP contribution in [0.1, 0.15) is 24.5 Å². The number of pyridine rings is 1. The van der Waals surface area contributed by atoms with E-state index in [1.54, 1.807) is 26.1 Å². The average molecular weight is 247 g/mol. The van der Waals surface area contributed by atoms with Gasteiger partial charge in [-0.15, -0.1) is 0 Å². The van der Waals surface area contributed by atoms with Gasteiger partial charge in [-0.1, -0.05) is 6.92 Å². The van der Waals surface area contributed by atoms with Gasteiger partial charge in [0.05, 0.1) is 0 Å². The SMILES string of the molecule is CCC1(c2ccncc2C)C(=O)NC(=O)NC1=O. The zero-order valence-electron chi connectivity index (χ0n) is 10.1. The van der Waals surface area contributed by atoms with Crippen LogP contribution in [0.15, 0.2) is 18.5 Å². The van der Waals surface area contributed by atoms with Crippen molar-refractivity contribution >= 4 is 17.8 Å². The molecule has 0 saturated carbocycles. The number of nitrogens with zero attached hydrogens (tertiary/aromatic N) is 1. The zero-order chi connectivity index (χ0) is 13.3. The summed E-state index contributed by atoms with van der Waals surface area (Å²) in [5, 5.41) is 4.29. The smallest absolute Gasteiger partial charge is 0.277 e. The number of urea groups is 1. The highest BCUT2D eigenvalue weighted by atomic mass is 16.2. The predicted molar refractivity (Wildman–Crippen MR) is 62.6 cm³/mol. The van der Waals surface area contributed by atoms with Crippen molar-refractivity contribution in [1.82, 2.24) is 15.6 Å². The Morgan fingerprint density at radius 3 is 2.33 bits per heavy atom. The Morgan fingerprint density at radius 2 is 1.83 bits per heavy atom. The van der Waals surface area contributed by atoms with Crippen molar-refractivity contribution in [1.29, 1.82) is 0 Å². The molecule has 6 heteroatoms. The minimum Gasteiger partial charge on any atom is -0.277 e. The number of carbonyl (C=O) groups excluding carboxylic acids is 3. The standard InChI is InChI=1S/C12H13N3O3/c1-3-12(8-4-5-13-6-7(8)2)9(16)14-11(18)15-10(12)17/h4-6H,3H2,1-2H3,(H2,14,15,16,17,18). The zero-order valence-corrected chi connectivity index (χ0v) is 10.1. The lowest BCUT2D eigenvalue weighted by Gasteiger charge is -2.34. The minimum atomic E-state index is -1.36. The second-order valence-corrected chi connectivity index (χ2v) is 4.19. The van der Waals surface area contributed by atoms with E-state index in [0.717, 1.165) is 5.56 Å². The van der Waals surface area contributed by atoms with Crippen LogP contribution in [0.3, 0.4) is 0 Å². The van der Waals surface area contributed by atoms with Crippen molar-refractivity contribution in [3.05, 3.63) is 29.6 Å². The van der Waals surface area contributed by atoms with Gasteiger partial charge >= 0.3 is 6.03 Å². The van der Waals surface area contributed by atoms with E-state index in [9.17, 15) is 14.4 Å². The number of nitrogens with one attached hydrogen (secondary N) is 2. The topological polar surface area (TPSA) is 88.2 Å². The van der Waals surface area contributed by atoms with E-state index < -0.39 is 23.3 Å². The molecule has 18 heavy (non-hydrogen) atoms. The maximum absolute atomic E-state index is 12.1. The highest BCUT2D eigenvalue weighted by Crippen LogP contribution is 2.32. The lowest BCUT2D eigenvalue weighted by molar-refractivity contribution is -0.138. The first kappa shape index (κ1) is 12.2. The molecule has 0 spiro atoms. The molecule has 0 aliphatic carbocycles. The maximum atomic E-state index is 12.1. The fraction of sp³-hybridized carbons (Fsp3) is 0.333. The van der Waals surface area contributed by atoms with Gasteiger partial charge in [0.1, 0.15) is 0 Å². The second-order valence-electron chi connectivity index (χ2n) is 4.19. The summed E-state index contributed by atoms with van der Waals surface area (Å²) in [5.74, 6) is -1.18. The third-order valence-corrected chi connectivity index (χ3v) is 3.24. The highest BCUT2D eigenvalue weighted by Gasteiger charge is 2.50. The summed E-state index contributed by atoms with van der Waals surface area (Å²) >= 11 is 0. The molecule has 0 unspecified atom stereocenters. The Hall–Kier alpha value is -2.24. The molecule has 0 bridgehead atoms. The summed E-state index contributed by atoms with van der Waals surface area (Å²) in [6, 6.07) is 0.856. The van der Waals surface area contributed by atoms with Gasteiger partial charge in [0.15, 0.2) is 5.41 Å². The van der Waals surface area contributed by atoms with E-state index in [-0.39, 0.29) is 6.42 Å². The van der Waals surface area contributed by atoms with Crippen LogP contribution in [0.25, 0.3) is 0 Å². The Morgan fingerprint density at radius 1 is 1.22 bits per heavy atom. The molecular formula is C12H13N3O3. The molecule has 6 nitrogen and oxygen atoms in total. The van der Waals surface area contributed by atoms with Crippen LogP contribution in [-0.4, -0.2) is 22.8 Å². The van der Waals surface area contributed by atoms with Crippen LogP contribution in [0, 0.1) is 6.92 Å². The van der Waals surface area contributed by atoms with Crippen molar-refractivity contribution < 1.29 is 14.4 Å². The van der Waals surface area contributed by atoms with Gasteiger partial charge in [-0.3, -0.25) is 25.2 Å². The first-order valence-corrected chi connectivity index (χ1v) is 5.60. The number of hydrogen-bond donors (Lipinski definition) is 2. The molecule has 1 aromatic rings. The molecule has 1 saturated heterocycles. The number of rotatable bonds is 2. The number of carbonyl (C=O) groups is 3. The summed E-state index contributed by atoms with van der Waals surface area (Å²) in [4.78, 5) is 39.3. The average Bonchev–Trinajstić information content (AvgIpc) is 2.31. The molecule has 1 aromatic heterocycles. The van der Waals surface area contributed by atoms with E-state index in [0.29, 0.717) is 5.56 Å². The quantitative estimate of drug-likeness (QED) is 0.740. The van der Waals surface area contributed by atoms with E-state index in [1.165, 1.54) is 6.20 Å². The molecule has 2 rings (SSSR count). The van der Waals surface area contributed by atoms with E-state index in [1.807, 2.05) is 0 Å². The minimum absolute atomic E-state index is 0.267. The fourth-order valence-electron chi connectivity index (χ4n) is 2.26. The molecule has 94 valence electrons. The molecule has 0 atom stereocenters. The molecule has 2 N–H and O–H groups in total. The number of barbiturate groups is 1. The summed E-state index contributed by atoms with van der Waals surface area (Å²) in [6.07, 6.45) is 3.38. The summed E-state index contributed by atoms with van der Waals surface area (Å²) < 4.78 is 0. The fourth-order valence-corrected chi connectivity index (χ4v) is 2.26. The first-order valence-electron chi connectivity index (χ1n) is 5.60. The number of aromatic nitrogens is 1. The van der Waals surface area contributed by atoms with Gasteiger partial charge in [-0.05, 0) is 30.5 Å². The largest absolute Gasteiger partial charge is 0.328 e. The van der Waals surface area contributed by atoms with Crippen molar-refractivity contribution in [2.45, 2.75) is 25.7 Å². The molecule has 1 aliphatic heterocycles. The van der Waals surface area contributed by atoms with Gasteiger partial charge in [0.25, 0.3) is 0 Å². The predicted octanol–water partition coefficient (Wildman–Crippen LogP) is 0.404. The number of hydrogen-bond acceptors (Lipinski definition) is 4. The monoisotopic (exact) mass is 247 g/mol. The number of imide groups is 2. The first-order chi connectivity index (χ1) is 8.52. The summed E-state index contributed by atoms with van der Waals surface area (Å²) in [7, 11) is 0. The van der Waals surface area contributed by atoms with Gasteiger partial charge < -0.3 is 0 Å². The number of aryl methyl sites for hydroxylation is 1.